The number of ether oxygens (including phenoxy) is 1. The van der Waals surface area contributed by atoms with Gasteiger partial charge in [0.05, 0.1) is 12.7 Å². The number of hydrogen-bond donors (Lipinski definition) is 0. The van der Waals surface area contributed by atoms with Gasteiger partial charge in [-0.1, -0.05) is 13.3 Å². The van der Waals surface area contributed by atoms with Gasteiger partial charge in [-0.25, -0.2) is 4.79 Å². The topological polar surface area (TPSA) is 44.8 Å². The average Bonchev–Trinajstić information content (AvgIpc) is 2.38. The van der Waals surface area contributed by atoms with Crippen molar-refractivity contribution >= 4 is 15.3 Å². The van der Waals surface area contributed by atoms with Crippen LogP contribution in [0.25, 0.3) is 0 Å². The van der Waals surface area contributed by atoms with E-state index in [-0.39, 0.29) is 12.1 Å². The Balaban J connectivity index is 2.66. The smallest absolute Gasteiger partial charge is 0.382 e. The zero-order valence-electron chi connectivity index (χ0n) is 12.0. The van der Waals surface area contributed by atoms with Crippen LogP contribution in [0, 0.1) is 0 Å². The average molecular weight is 282 g/mol. The third-order valence-corrected chi connectivity index (χ3v) is 4.92. The molecule has 1 atom stereocenters. The lowest BCUT2D eigenvalue weighted by molar-refractivity contribution is 0.0600. The molecule has 0 aromatic heterocycles. The Hall–Kier alpha value is -1.33. The zero-order chi connectivity index (χ0) is 14.3. The van der Waals surface area contributed by atoms with E-state index < -0.39 is 9.28 Å². The molecule has 0 N–H and O–H groups in total. The van der Waals surface area contributed by atoms with Crippen molar-refractivity contribution < 1.29 is 18.4 Å². The first-order valence-electron chi connectivity index (χ1n) is 6.57. The van der Waals surface area contributed by atoms with E-state index in [1.54, 1.807) is 24.3 Å². The third kappa shape index (κ3) is 5.44. The van der Waals surface area contributed by atoms with Crippen molar-refractivity contribution in [3.8, 4) is 5.75 Å². The lowest BCUT2D eigenvalue weighted by atomic mass is 10.2. The van der Waals surface area contributed by atoms with E-state index in [9.17, 15) is 4.79 Å². The molecule has 106 valence electrons. The molecule has 0 aliphatic heterocycles. The van der Waals surface area contributed by atoms with Crippen molar-refractivity contribution in [2.24, 2.45) is 0 Å². The van der Waals surface area contributed by atoms with Gasteiger partial charge in [0.1, 0.15) is 5.75 Å². The van der Waals surface area contributed by atoms with Gasteiger partial charge >= 0.3 is 15.3 Å². The minimum Gasteiger partial charge on any atom is -0.522 e. The Morgan fingerprint density at radius 1 is 1.26 bits per heavy atom. The Labute approximate surface area is 116 Å². The lowest BCUT2D eigenvalue weighted by Crippen LogP contribution is -2.29. The molecule has 0 amide bonds. The molecule has 0 saturated carbocycles. The molecule has 0 spiro atoms. The molecule has 0 radical (unpaired) electrons. The number of methoxy groups -OCH3 is 1. The van der Waals surface area contributed by atoms with Crippen LogP contribution < -0.4 is 4.43 Å². The normalized spacial score (nSPS) is 12.3. The van der Waals surface area contributed by atoms with Gasteiger partial charge in [0.15, 0.2) is 0 Å². The van der Waals surface area contributed by atoms with Crippen LogP contribution >= 0.6 is 0 Å². The van der Waals surface area contributed by atoms with Gasteiger partial charge in [0.2, 0.25) is 0 Å². The van der Waals surface area contributed by atoms with Crippen molar-refractivity contribution in [1.29, 1.82) is 0 Å². The molecule has 0 heterocycles. The van der Waals surface area contributed by atoms with Crippen LogP contribution in [0.2, 0.25) is 6.04 Å². The highest BCUT2D eigenvalue weighted by atomic mass is 28.3. The minimum atomic E-state index is -1.68. The van der Waals surface area contributed by atoms with Crippen molar-refractivity contribution in [1.82, 2.24) is 0 Å². The number of rotatable bonds is 7. The number of carbonyl (C=O) groups excluding carboxylic acids is 1. The van der Waals surface area contributed by atoms with Crippen LogP contribution in [0.3, 0.4) is 0 Å². The minimum absolute atomic E-state index is 0.178. The second-order valence-electron chi connectivity index (χ2n) is 4.54. The van der Waals surface area contributed by atoms with Gasteiger partial charge in [-0.05, 0) is 44.2 Å². The van der Waals surface area contributed by atoms with Gasteiger partial charge in [-0.3, -0.25) is 0 Å². The Kier molecular flexibility index (Phi) is 6.59. The second-order valence-corrected chi connectivity index (χ2v) is 6.48. The van der Waals surface area contributed by atoms with E-state index in [1.165, 1.54) is 7.11 Å². The molecule has 0 fully saturated rings. The number of hydrogen-bond acceptors (Lipinski definition) is 4. The maximum absolute atomic E-state index is 11.3. The first-order chi connectivity index (χ1) is 9.06. The molecule has 1 aromatic carbocycles. The van der Waals surface area contributed by atoms with Crippen LogP contribution in [-0.2, 0) is 9.16 Å². The van der Waals surface area contributed by atoms with Crippen molar-refractivity contribution in [2.75, 3.05) is 7.11 Å². The van der Waals surface area contributed by atoms with E-state index in [0.717, 1.165) is 18.2 Å². The molecule has 0 aliphatic carbocycles. The highest BCUT2D eigenvalue weighted by molar-refractivity contribution is 6.45. The molecular formula is C14H22O4Si. The Bertz CT molecular complexity index is 389. The van der Waals surface area contributed by atoms with Crippen molar-refractivity contribution in [3.63, 3.8) is 0 Å². The SMILES string of the molecule is CCC[SiH](Oc1ccc(C(=O)OC)cc1)OC(C)C. The van der Waals surface area contributed by atoms with E-state index in [4.69, 9.17) is 8.85 Å². The Morgan fingerprint density at radius 2 is 1.89 bits per heavy atom. The summed E-state index contributed by atoms with van der Waals surface area (Å²) in [6.45, 7) is 6.14. The van der Waals surface area contributed by atoms with Crippen LogP contribution in [0.15, 0.2) is 24.3 Å². The number of carbonyl (C=O) groups is 1. The molecule has 5 heteroatoms. The molecule has 0 aliphatic rings. The summed E-state index contributed by atoms with van der Waals surface area (Å²) in [6.07, 6.45) is 1.22. The summed E-state index contributed by atoms with van der Waals surface area (Å²) in [5.74, 6) is 0.408. The molecule has 1 rings (SSSR count). The highest BCUT2D eigenvalue weighted by Crippen LogP contribution is 2.16. The molecule has 1 aromatic rings. The van der Waals surface area contributed by atoms with E-state index in [0.29, 0.717) is 5.56 Å². The quantitative estimate of drug-likeness (QED) is 0.570. The highest BCUT2D eigenvalue weighted by Gasteiger charge is 2.16. The molecule has 0 saturated heterocycles. The summed E-state index contributed by atoms with van der Waals surface area (Å²) in [7, 11) is -0.314. The van der Waals surface area contributed by atoms with E-state index >= 15 is 0 Å². The maximum atomic E-state index is 11.3. The summed E-state index contributed by atoms with van der Waals surface area (Å²) >= 11 is 0. The van der Waals surface area contributed by atoms with Gasteiger partial charge in [-0.2, -0.15) is 0 Å². The third-order valence-electron chi connectivity index (χ3n) is 2.49. The van der Waals surface area contributed by atoms with Crippen molar-refractivity contribution in [2.45, 2.75) is 39.3 Å². The van der Waals surface area contributed by atoms with Crippen LogP contribution in [-0.4, -0.2) is 28.5 Å². The van der Waals surface area contributed by atoms with Crippen LogP contribution in [0.5, 0.6) is 5.75 Å². The first kappa shape index (κ1) is 15.7. The number of esters is 1. The maximum Gasteiger partial charge on any atom is 0.382 e. The summed E-state index contributed by atoms with van der Waals surface area (Å²) in [4.78, 5) is 11.3. The fourth-order valence-electron chi connectivity index (χ4n) is 1.63. The molecule has 1 unspecified atom stereocenters. The predicted molar refractivity (Wildman–Crippen MR) is 76.9 cm³/mol. The fraction of sp³-hybridized carbons (Fsp3) is 0.500. The van der Waals surface area contributed by atoms with Crippen LogP contribution in [0.1, 0.15) is 37.6 Å². The molecular weight excluding hydrogens is 260 g/mol. The summed E-state index contributed by atoms with van der Waals surface area (Å²) in [5.41, 5.74) is 0.522. The zero-order valence-corrected chi connectivity index (χ0v) is 13.2. The first-order valence-corrected chi connectivity index (χ1v) is 8.33. The van der Waals surface area contributed by atoms with Gasteiger partial charge in [0.25, 0.3) is 0 Å². The predicted octanol–water partition coefficient (Wildman–Crippen LogP) is 2.91. The number of benzene rings is 1. The summed E-state index contributed by atoms with van der Waals surface area (Å²) in [6, 6.07) is 7.94. The summed E-state index contributed by atoms with van der Waals surface area (Å²) in [5, 5.41) is 0. The van der Waals surface area contributed by atoms with Crippen molar-refractivity contribution in [3.05, 3.63) is 29.8 Å². The van der Waals surface area contributed by atoms with Gasteiger partial charge in [-0.15, -0.1) is 0 Å². The van der Waals surface area contributed by atoms with E-state index in [1.807, 2.05) is 13.8 Å². The molecule has 19 heavy (non-hydrogen) atoms. The monoisotopic (exact) mass is 282 g/mol. The molecule has 0 bridgehead atoms. The van der Waals surface area contributed by atoms with Gasteiger partial charge < -0.3 is 13.6 Å². The van der Waals surface area contributed by atoms with E-state index in [2.05, 4.69) is 11.7 Å². The Morgan fingerprint density at radius 3 is 2.37 bits per heavy atom. The van der Waals surface area contributed by atoms with Gasteiger partial charge in [0, 0.05) is 6.10 Å². The second kappa shape index (κ2) is 7.96. The van der Waals surface area contributed by atoms with Crippen LogP contribution in [0.4, 0.5) is 0 Å². The standard InChI is InChI=1S/C14H22O4Si/c1-5-10-19(17-11(2)3)18-13-8-6-12(7-9-13)14(15)16-4/h6-9,11,19H,5,10H2,1-4H3. The lowest BCUT2D eigenvalue weighted by Gasteiger charge is -2.19. The summed E-state index contributed by atoms with van der Waals surface area (Å²) < 4.78 is 16.4. The molecule has 4 nitrogen and oxygen atoms in total. The largest absolute Gasteiger partial charge is 0.522 e. The fourth-order valence-corrected chi connectivity index (χ4v) is 3.48.